The Bertz CT molecular complexity index is 1410. The van der Waals surface area contributed by atoms with Crippen molar-refractivity contribution in [1.29, 1.82) is 0 Å². The lowest BCUT2D eigenvalue weighted by Gasteiger charge is -2.26. The highest BCUT2D eigenvalue weighted by atomic mass is 16.5. The van der Waals surface area contributed by atoms with Crippen LogP contribution in [0.1, 0.15) is 55.0 Å². The van der Waals surface area contributed by atoms with Gasteiger partial charge in [-0.05, 0) is 78.9 Å². The number of carbonyl (C=O) groups excluding carboxylic acids is 2. The Kier molecular flexibility index (Phi) is 7.76. The van der Waals surface area contributed by atoms with Gasteiger partial charge in [0.05, 0.1) is 32.4 Å². The number of rotatable bonds is 8. The maximum Gasteiger partial charge on any atom is 0.300 e. The summed E-state index contributed by atoms with van der Waals surface area (Å²) in [6, 6.07) is 17.0. The van der Waals surface area contributed by atoms with Crippen LogP contribution in [0.3, 0.4) is 0 Å². The number of aliphatic hydroxyl groups excluding tert-OH is 1. The number of methoxy groups -OCH3 is 2. The number of amides is 1. The fourth-order valence-corrected chi connectivity index (χ4v) is 4.81. The summed E-state index contributed by atoms with van der Waals surface area (Å²) >= 11 is 0. The Morgan fingerprint density at radius 1 is 0.947 bits per heavy atom. The van der Waals surface area contributed by atoms with E-state index in [1.165, 1.54) is 4.90 Å². The van der Waals surface area contributed by atoms with Gasteiger partial charge in [-0.2, -0.15) is 0 Å². The highest BCUT2D eigenvalue weighted by Gasteiger charge is 2.47. The first kappa shape index (κ1) is 26.8. The molecular weight excluding hydrogens is 482 g/mol. The van der Waals surface area contributed by atoms with E-state index in [1.54, 1.807) is 56.7 Å². The van der Waals surface area contributed by atoms with Crippen LogP contribution in [0.25, 0.3) is 5.76 Å². The molecule has 0 aromatic heterocycles. The summed E-state index contributed by atoms with van der Waals surface area (Å²) in [5.41, 5.74) is 3.41. The van der Waals surface area contributed by atoms with Gasteiger partial charge in [0.15, 0.2) is 11.5 Å². The Hall–Kier alpha value is -4.26. The van der Waals surface area contributed by atoms with Crippen molar-refractivity contribution in [3.8, 4) is 17.2 Å². The number of ketones is 1. The van der Waals surface area contributed by atoms with E-state index in [9.17, 15) is 14.7 Å². The summed E-state index contributed by atoms with van der Waals surface area (Å²) in [6.07, 6.45) is 0. The molecule has 3 aromatic carbocycles. The number of anilines is 1. The second kappa shape index (κ2) is 11.0. The van der Waals surface area contributed by atoms with Gasteiger partial charge in [-0.3, -0.25) is 14.5 Å². The van der Waals surface area contributed by atoms with E-state index in [-0.39, 0.29) is 17.3 Å². The van der Waals surface area contributed by atoms with Crippen LogP contribution in [0.2, 0.25) is 0 Å². The minimum atomic E-state index is -0.883. The van der Waals surface area contributed by atoms with Gasteiger partial charge in [0.25, 0.3) is 11.7 Å². The van der Waals surface area contributed by atoms with Crippen molar-refractivity contribution in [1.82, 2.24) is 0 Å². The van der Waals surface area contributed by atoms with Gasteiger partial charge in [0.2, 0.25) is 0 Å². The van der Waals surface area contributed by atoms with Gasteiger partial charge >= 0.3 is 0 Å². The number of ether oxygens (including phenoxy) is 3. The third kappa shape index (κ3) is 4.84. The maximum absolute atomic E-state index is 13.6. The average Bonchev–Trinajstić information content (AvgIpc) is 3.18. The quantitative estimate of drug-likeness (QED) is 0.220. The Morgan fingerprint density at radius 3 is 2.29 bits per heavy atom. The van der Waals surface area contributed by atoms with Gasteiger partial charge in [0, 0.05) is 11.3 Å². The molecule has 1 fully saturated rings. The van der Waals surface area contributed by atoms with Crippen LogP contribution in [-0.2, 0) is 9.59 Å². The molecule has 0 radical (unpaired) electrons. The molecule has 1 aliphatic rings. The predicted molar refractivity (Wildman–Crippen MR) is 147 cm³/mol. The molecular formula is C31H33NO6. The van der Waals surface area contributed by atoms with E-state index in [4.69, 9.17) is 14.2 Å². The average molecular weight is 516 g/mol. The molecule has 7 heteroatoms. The summed E-state index contributed by atoms with van der Waals surface area (Å²) < 4.78 is 16.7. The highest BCUT2D eigenvalue weighted by molar-refractivity contribution is 6.51. The second-order valence-corrected chi connectivity index (χ2v) is 9.46. The van der Waals surface area contributed by atoms with Crippen LogP contribution in [0.5, 0.6) is 17.2 Å². The van der Waals surface area contributed by atoms with Crippen LogP contribution < -0.4 is 19.1 Å². The van der Waals surface area contributed by atoms with Gasteiger partial charge in [0.1, 0.15) is 11.5 Å². The first-order valence-electron chi connectivity index (χ1n) is 12.6. The molecule has 1 amide bonds. The van der Waals surface area contributed by atoms with Crippen LogP contribution in [0, 0.1) is 6.92 Å². The summed E-state index contributed by atoms with van der Waals surface area (Å²) in [5.74, 6) is 0.0807. The normalized spacial score (nSPS) is 16.7. The Balaban J connectivity index is 1.98. The molecule has 1 aliphatic heterocycles. The van der Waals surface area contributed by atoms with Crippen LogP contribution in [0.15, 0.2) is 66.2 Å². The van der Waals surface area contributed by atoms with Gasteiger partial charge in [-0.15, -0.1) is 0 Å². The van der Waals surface area contributed by atoms with E-state index in [1.807, 2.05) is 45.9 Å². The lowest BCUT2D eigenvalue weighted by Crippen LogP contribution is -2.29. The molecule has 3 aromatic rings. The second-order valence-electron chi connectivity index (χ2n) is 9.46. The monoisotopic (exact) mass is 515 g/mol. The molecule has 1 heterocycles. The van der Waals surface area contributed by atoms with Gasteiger partial charge < -0.3 is 19.3 Å². The number of aliphatic hydroxyl groups is 1. The van der Waals surface area contributed by atoms with Crippen molar-refractivity contribution >= 4 is 23.1 Å². The topological polar surface area (TPSA) is 85.3 Å². The number of carbonyl (C=O) groups is 2. The van der Waals surface area contributed by atoms with Crippen molar-refractivity contribution in [2.45, 2.75) is 39.7 Å². The molecule has 0 spiro atoms. The van der Waals surface area contributed by atoms with E-state index >= 15 is 0 Å². The van der Waals surface area contributed by atoms with Crippen molar-refractivity contribution in [2.24, 2.45) is 0 Å². The summed E-state index contributed by atoms with van der Waals surface area (Å²) in [7, 11) is 3.14. The van der Waals surface area contributed by atoms with Crippen molar-refractivity contribution in [3.05, 3.63) is 88.5 Å². The minimum Gasteiger partial charge on any atom is -0.507 e. The maximum atomic E-state index is 13.6. The highest BCUT2D eigenvalue weighted by Crippen LogP contribution is 2.44. The number of benzene rings is 3. The largest absolute Gasteiger partial charge is 0.507 e. The molecule has 7 nitrogen and oxygen atoms in total. The number of aryl methyl sites for hydroxylation is 1. The predicted octanol–water partition coefficient (Wildman–Crippen LogP) is 6.16. The number of hydrogen-bond acceptors (Lipinski definition) is 6. The SMILES string of the molecule is CCOc1cc(C2/C(=C(\O)c3ccc(OC)c(C(C)C)c3)C(=O)C(=O)N2c2cccc(C)c2)ccc1OC. The molecule has 0 bridgehead atoms. The van der Waals surface area contributed by atoms with Crippen molar-refractivity contribution in [3.63, 3.8) is 0 Å². The molecule has 1 saturated heterocycles. The molecule has 1 N–H and O–H groups in total. The molecule has 198 valence electrons. The third-order valence-electron chi connectivity index (χ3n) is 6.65. The molecule has 1 atom stereocenters. The van der Waals surface area contributed by atoms with Crippen molar-refractivity contribution < 1.29 is 28.9 Å². The van der Waals surface area contributed by atoms with Crippen LogP contribution in [-0.4, -0.2) is 37.6 Å². The Morgan fingerprint density at radius 2 is 1.66 bits per heavy atom. The molecule has 0 aliphatic carbocycles. The number of hydrogen-bond donors (Lipinski definition) is 1. The standard InChI is InChI=1S/C31H33NO6/c1-7-38-26-17-20(11-14-25(26)37-6)28-27(29(33)21-12-13-24(36-5)23(16-21)18(2)3)30(34)31(35)32(28)22-10-8-9-19(4)15-22/h8-18,28,33H,7H2,1-6H3/b29-27+. The first-order chi connectivity index (χ1) is 18.2. The first-order valence-corrected chi connectivity index (χ1v) is 12.6. The zero-order chi connectivity index (χ0) is 27.6. The lowest BCUT2D eigenvalue weighted by molar-refractivity contribution is -0.132. The molecule has 0 saturated carbocycles. The zero-order valence-corrected chi connectivity index (χ0v) is 22.6. The zero-order valence-electron chi connectivity index (χ0n) is 22.6. The third-order valence-corrected chi connectivity index (χ3v) is 6.65. The molecule has 38 heavy (non-hydrogen) atoms. The minimum absolute atomic E-state index is 0.00370. The van der Waals surface area contributed by atoms with E-state index < -0.39 is 17.7 Å². The molecule has 4 rings (SSSR count). The van der Waals surface area contributed by atoms with Gasteiger partial charge in [-0.25, -0.2) is 0 Å². The summed E-state index contributed by atoms with van der Waals surface area (Å²) in [5, 5.41) is 11.6. The van der Waals surface area contributed by atoms with Crippen molar-refractivity contribution in [2.75, 3.05) is 25.7 Å². The van der Waals surface area contributed by atoms with E-state index in [0.717, 1.165) is 11.1 Å². The van der Waals surface area contributed by atoms with Crippen LogP contribution >= 0.6 is 0 Å². The van der Waals surface area contributed by atoms with Gasteiger partial charge in [-0.1, -0.05) is 32.0 Å². The summed E-state index contributed by atoms with van der Waals surface area (Å²) in [6.45, 7) is 8.22. The summed E-state index contributed by atoms with van der Waals surface area (Å²) in [4.78, 5) is 28.5. The lowest BCUT2D eigenvalue weighted by atomic mass is 9.93. The number of nitrogens with zero attached hydrogens (tertiary/aromatic N) is 1. The molecule has 1 unspecified atom stereocenters. The van der Waals surface area contributed by atoms with Crippen LogP contribution in [0.4, 0.5) is 5.69 Å². The number of Topliss-reactive ketones (excluding diaryl/α,β-unsaturated/α-hetero) is 1. The fourth-order valence-electron chi connectivity index (χ4n) is 4.81. The van der Waals surface area contributed by atoms with E-state index in [0.29, 0.717) is 40.7 Å². The fraction of sp³-hybridized carbons (Fsp3) is 0.290. The Labute approximate surface area is 223 Å². The van der Waals surface area contributed by atoms with E-state index in [2.05, 4.69) is 0 Å². The smallest absolute Gasteiger partial charge is 0.300 e.